The lowest BCUT2D eigenvalue weighted by Gasteiger charge is -2.32. The zero-order valence-corrected chi connectivity index (χ0v) is 18.5. The number of aryl methyl sites for hydroxylation is 1. The van der Waals surface area contributed by atoms with Gasteiger partial charge in [0.2, 0.25) is 5.91 Å². The second-order valence-electron chi connectivity index (χ2n) is 8.88. The van der Waals surface area contributed by atoms with Gasteiger partial charge in [-0.25, -0.2) is 4.98 Å². The van der Waals surface area contributed by atoms with Crippen LogP contribution in [-0.4, -0.2) is 33.9 Å². The Bertz CT molecular complexity index is 1150. The second-order valence-corrected chi connectivity index (χ2v) is 8.88. The van der Waals surface area contributed by atoms with Gasteiger partial charge >= 0.3 is 0 Å². The molecule has 1 aromatic heterocycles. The predicted octanol–water partition coefficient (Wildman–Crippen LogP) is 5.80. The molecule has 0 bridgehead atoms. The van der Waals surface area contributed by atoms with Crippen molar-refractivity contribution in [3.05, 3.63) is 101 Å². The van der Waals surface area contributed by atoms with E-state index in [-0.39, 0.29) is 11.8 Å². The zero-order valence-electron chi connectivity index (χ0n) is 18.5. The number of nitrogens with one attached hydrogen (secondary N) is 1. The van der Waals surface area contributed by atoms with Crippen LogP contribution in [-0.2, 0) is 4.79 Å². The number of H-pyrrole nitrogens is 1. The van der Waals surface area contributed by atoms with E-state index < -0.39 is 0 Å². The van der Waals surface area contributed by atoms with Crippen molar-refractivity contribution in [1.29, 1.82) is 0 Å². The average Bonchev–Trinajstić information content (AvgIpc) is 3.27. The number of carbonyl (C=O) groups is 1. The molecule has 1 N–H and O–H groups in total. The van der Waals surface area contributed by atoms with Crippen LogP contribution in [0.15, 0.2) is 78.9 Å². The summed E-state index contributed by atoms with van der Waals surface area (Å²) in [5.41, 5.74) is 5.75. The molecule has 4 nitrogen and oxygen atoms in total. The molecule has 0 saturated carbocycles. The minimum Gasteiger partial charge on any atom is -0.343 e. The van der Waals surface area contributed by atoms with Crippen LogP contribution >= 0.6 is 0 Å². The third-order valence-corrected chi connectivity index (χ3v) is 6.67. The number of fused-ring (bicyclic) bond motifs is 1. The Hall–Kier alpha value is -3.40. The van der Waals surface area contributed by atoms with Crippen molar-refractivity contribution in [3.63, 3.8) is 0 Å². The standard InChI is InChI=1S/C28H29N3O/c1-20-12-13-25-26(18-20)30-28(29-25)23-14-16-31(17-15-23)27(32)19-24(21-8-4-2-5-9-21)22-10-6-3-7-11-22/h2-13,18,23-24H,14-17,19H2,1H3,(H,29,30). The molecule has 1 amide bonds. The van der Waals surface area contributed by atoms with Crippen LogP contribution in [0, 0.1) is 6.92 Å². The Morgan fingerprint density at radius 1 is 0.969 bits per heavy atom. The number of aromatic amines is 1. The van der Waals surface area contributed by atoms with E-state index in [1.54, 1.807) is 0 Å². The number of aromatic nitrogens is 2. The van der Waals surface area contributed by atoms with Gasteiger partial charge in [0.1, 0.15) is 5.82 Å². The van der Waals surface area contributed by atoms with Gasteiger partial charge in [-0.05, 0) is 48.6 Å². The van der Waals surface area contributed by atoms with Crippen LogP contribution in [0.1, 0.15) is 53.6 Å². The number of hydrogen-bond donors (Lipinski definition) is 1. The van der Waals surface area contributed by atoms with E-state index >= 15 is 0 Å². The first kappa shape index (κ1) is 20.5. The minimum atomic E-state index is 0.0845. The summed E-state index contributed by atoms with van der Waals surface area (Å²) in [6.45, 7) is 3.67. The van der Waals surface area contributed by atoms with Crippen molar-refractivity contribution >= 4 is 16.9 Å². The van der Waals surface area contributed by atoms with E-state index in [0.717, 1.165) is 42.8 Å². The lowest BCUT2D eigenvalue weighted by molar-refractivity contribution is -0.132. The molecule has 1 aliphatic rings. The highest BCUT2D eigenvalue weighted by Crippen LogP contribution is 2.31. The second kappa shape index (κ2) is 8.99. The van der Waals surface area contributed by atoms with Crippen molar-refractivity contribution in [3.8, 4) is 0 Å². The lowest BCUT2D eigenvalue weighted by Crippen LogP contribution is -2.38. The molecule has 0 spiro atoms. The highest BCUT2D eigenvalue weighted by Gasteiger charge is 2.28. The van der Waals surface area contributed by atoms with Crippen LogP contribution in [0.2, 0.25) is 0 Å². The molecule has 0 aliphatic carbocycles. The first-order valence-electron chi connectivity index (χ1n) is 11.5. The number of amides is 1. The zero-order chi connectivity index (χ0) is 21.9. The molecule has 4 heteroatoms. The number of piperidine rings is 1. The summed E-state index contributed by atoms with van der Waals surface area (Å²) in [5, 5.41) is 0. The summed E-state index contributed by atoms with van der Waals surface area (Å²) >= 11 is 0. The fourth-order valence-corrected chi connectivity index (χ4v) is 4.84. The molecule has 0 unspecified atom stereocenters. The smallest absolute Gasteiger partial charge is 0.223 e. The molecule has 1 fully saturated rings. The van der Waals surface area contributed by atoms with E-state index in [9.17, 15) is 4.79 Å². The molecule has 5 rings (SSSR count). The Morgan fingerprint density at radius 2 is 1.59 bits per heavy atom. The van der Waals surface area contributed by atoms with Gasteiger partial charge in [-0.1, -0.05) is 66.7 Å². The van der Waals surface area contributed by atoms with E-state index in [1.165, 1.54) is 16.7 Å². The van der Waals surface area contributed by atoms with Crippen LogP contribution in [0.3, 0.4) is 0 Å². The first-order valence-corrected chi connectivity index (χ1v) is 11.5. The lowest BCUT2D eigenvalue weighted by atomic mass is 9.87. The Kier molecular flexibility index (Phi) is 5.76. The van der Waals surface area contributed by atoms with Gasteiger partial charge in [0.25, 0.3) is 0 Å². The van der Waals surface area contributed by atoms with Gasteiger partial charge in [-0.2, -0.15) is 0 Å². The normalized spacial score (nSPS) is 14.9. The van der Waals surface area contributed by atoms with Gasteiger partial charge in [0.05, 0.1) is 11.0 Å². The van der Waals surface area contributed by atoms with Gasteiger partial charge in [0.15, 0.2) is 0 Å². The number of hydrogen-bond acceptors (Lipinski definition) is 2. The van der Waals surface area contributed by atoms with Crippen LogP contribution < -0.4 is 0 Å². The summed E-state index contributed by atoms with van der Waals surface area (Å²) in [5.74, 6) is 1.76. The summed E-state index contributed by atoms with van der Waals surface area (Å²) in [6, 6.07) is 27.1. The average molecular weight is 424 g/mol. The van der Waals surface area contributed by atoms with E-state index in [2.05, 4.69) is 78.6 Å². The topological polar surface area (TPSA) is 49.0 Å². The van der Waals surface area contributed by atoms with E-state index in [0.29, 0.717) is 12.3 Å². The molecule has 0 radical (unpaired) electrons. The van der Waals surface area contributed by atoms with Crippen LogP contribution in [0.4, 0.5) is 0 Å². The molecule has 2 heterocycles. The third kappa shape index (κ3) is 4.31. The van der Waals surface area contributed by atoms with Gasteiger partial charge in [-0.15, -0.1) is 0 Å². The van der Waals surface area contributed by atoms with Crippen molar-refractivity contribution in [2.24, 2.45) is 0 Å². The summed E-state index contributed by atoms with van der Waals surface area (Å²) in [7, 11) is 0. The van der Waals surface area contributed by atoms with Crippen molar-refractivity contribution in [1.82, 2.24) is 14.9 Å². The Morgan fingerprint density at radius 3 is 2.22 bits per heavy atom. The predicted molar refractivity (Wildman–Crippen MR) is 129 cm³/mol. The van der Waals surface area contributed by atoms with E-state index in [4.69, 9.17) is 4.98 Å². The molecule has 4 aromatic rings. The van der Waals surface area contributed by atoms with Crippen molar-refractivity contribution in [2.45, 2.75) is 38.0 Å². The molecular formula is C28H29N3O. The number of imidazole rings is 1. The molecule has 0 atom stereocenters. The highest BCUT2D eigenvalue weighted by molar-refractivity contribution is 5.78. The fraction of sp³-hybridized carbons (Fsp3) is 0.286. The molecule has 1 saturated heterocycles. The quantitative estimate of drug-likeness (QED) is 0.441. The number of rotatable bonds is 5. The first-order chi connectivity index (χ1) is 15.7. The maximum absolute atomic E-state index is 13.3. The highest BCUT2D eigenvalue weighted by atomic mass is 16.2. The van der Waals surface area contributed by atoms with Crippen molar-refractivity contribution < 1.29 is 4.79 Å². The summed E-state index contributed by atoms with van der Waals surface area (Å²) in [6.07, 6.45) is 2.40. The number of likely N-dealkylation sites (tertiary alicyclic amines) is 1. The van der Waals surface area contributed by atoms with Crippen LogP contribution in [0.25, 0.3) is 11.0 Å². The Balaban J connectivity index is 1.27. The van der Waals surface area contributed by atoms with E-state index in [1.807, 2.05) is 17.0 Å². The summed E-state index contributed by atoms with van der Waals surface area (Å²) < 4.78 is 0. The van der Waals surface area contributed by atoms with Gasteiger partial charge < -0.3 is 9.88 Å². The van der Waals surface area contributed by atoms with Crippen molar-refractivity contribution in [2.75, 3.05) is 13.1 Å². The molecule has 32 heavy (non-hydrogen) atoms. The molecule has 162 valence electrons. The Labute approximate surface area is 189 Å². The number of carbonyl (C=O) groups excluding carboxylic acids is 1. The third-order valence-electron chi connectivity index (χ3n) is 6.67. The SMILES string of the molecule is Cc1ccc2nc(C3CCN(C(=O)CC(c4ccccc4)c4ccccc4)CC3)[nH]c2c1. The molecular weight excluding hydrogens is 394 g/mol. The maximum atomic E-state index is 13.3. The monoisotopic (exact) mass is 423 g/mol. The fourth-order valence-electron chi connectivity index (χ4n) is 4.84. The number of benzene rings is 3. The minimum absolute atomic E-state index is 0.0845. The summed E-state index contributed by atoms with van der Waals surface area (Å²) in [4.78, 5) is 23.6. The number of nitrogens with zero attached hydrogens (tertiary/aromatic N) is 2. The largest absolute Gasteiger partial charge is 0.343 e. The van der Waals surface area contributed by atoms with Gasteiger partial charge in [0, 0.05) is 31.3 Å². The van der Waals surface area contributed by atoms with Crippen LogP contribution in [0.5, 0.6) is 0 Å². The molecule has 3 aromatic carbocycles. The maximum Gasteiger partial charge on any atom is 0.223 e. The van der Waals surface area contributed by atoms with Gasteiger partial charge in [-0.3, -0.25) is 4.79 Å². The molecule has 1 aliphatic heterocycles.